The first-order valence-electron chi connectivity index (χ1n) is 7.83. The maximum absolute atomic E-state index is 12.4. The third-order valence-corrected chi connectivity index (χ3v) is 4.84. The van der Waals surface area contributed by atoms with Crippen molar-refractivity contribution in [3.63, 3.8) is 0 Å². The van der Waals surface area contributed by atoms with E-state index >= 15 is 0 Å². The number of carbonyl (C=O) groups excluding carboxylic acids is 1. The maximum atomic E-state index is 12.4. The van der Waals surface area contributed by atoms with Gasteiger partial charge in [0.1, 0.15) is 4.92 Å². The molecular formula is C17H17N3O5S. The Kier molecular flexibility index (Phi) is 5.01. The number of carbonyl (C=O) groups is 1. The van der Waals surface area contributed by atoms with Gasteiger partial charge >= 0.3 is 11.8 Å². The number of aromatic nitrogens is 1. The van der Waals surface area contributed by atoms with Crippen molar-refractivity contribution in [1.82, 2.24) is 4.57 Å². The monoisotopic (exact) mass is 375 g/mol. The van der Waals surface area contributed by atoms with Crippen LogP contribution in [0.2, 0.25) is 0 Å². The van der Waals surface area contributed by atoms with E-state index < -0.39 is 16.7 Å². The lowest BCUT2D eigenvalue weighted by molar-refractivity contribution is -0.402. The minimum absolute atomic E-state index is 0.166. The van der Waals surface area contributed by atoms with Crippen LogP contribution in [0.25, 0.3) is 10.2 Å². The van der Waals surface area contributed by atoms with Crippen LogP contribution in [0.5, 0.6) is 0 Å². The Labute approximate surface area is 152 Å². The number of aryl methyl sites for hydroxylation is 2. The van der Waals surface area contributed by atoms with E-state index in [1.807, 2.05) is 24.5 Å². The van der Waals surface area contributed by atoms with E-state index in [0.717, 1.165) is 27.4 Å². The first kappa shape index (κ1) is 18.0. The van der Waals surface area contributed by atoms with Crippen molar-refractivity contribution in [1.29, 1.82) is 0 Å². The SMILES string of the molecule is COCCn1c(=NC(=O)c2ccc([N+](=O)[O-])o2)sc2cc(C)cc(C)c21. The van der Waals surface area contributed by atoms with E-state index in [4.69, 9.17) is 9.15 Å². The maximum Gasteiger partial charge on any atom is 0.433 e. The van der Waals surface area contributed by atoms with Crippen LogP contribution in [0.3, 0.4) is 0 Å². The average molecular weight is 375 g/mol. The van der Waals surface area contributed by atoms with Gasteiger partial charge in [-0.3, -0.25) is 14.9 Å². The number of nitrogens with zero attached hydrogens (tertiary/aromatic N) is 3. The smallest absolute Gasteiger partial charge is 0.395 e. The van der Waals surface area contributed by atoms with Crippen molar-refractivity contribution in [2.24, 2.45) is 4.99 Å². The molecule has 3 aromatic rings. The summed E-state index contributed by atoms with van der Waals surface area (Å²) in [5.74, 6) is -1.32. The first-order chi connectivity index (χ1) is 12.4. The third kappa shape index (κ3) is 3.44. The molecule has 1 aromatic carbocycles. The van der Waals surface area contributed by atoms with Crippen molar-refractivity contribution in [3.8, 4) is 0 Å². The van der Waals surface area contributed by atoms with Crippen molar-refractivity contribution < 1.29 is 18.9 Å². The lowest BCUT2D eigenvalue weighted by Crippen LogP contribution is -2.19. The minimum Gasteiger partial charge on any atom is -0.395 e. The molecule has 0 N–H and O–H groups in total. The molecule has 3 rings (SSSR count). The highest BCUT2D eigenvalue weighted by Crippen LogP contribution is 2.23. The molecule has 0 unspecified atom stereocenters. The number of rotatable bonds is 5. The zero-order valence-electron chi connectivity index (χ0n) is 14.5. The van der Waals surface area contributed by atoms with Gasteiger partial charge in [-0.2, -0.15) is 4.99 Å². The molecule has 0 spiro atoms. The summed E-state index contributed by atoms with van der Waals surface area (Å²) in [4.78, 5) is 27.0. The summed E-state index contributed by atoms with van der Waals surface area (Å²) < 4.78 is 13.0. The molecule has 2 aromatic heterocycles. The van der Waals surface area contributed by atoms with Crippen LogP contribution in [-0.2, 0) is 11.3 Å². The Morgan fingerprint density at radius 2 is 2.15 bits per heavy atom. The van der Waals surface area contributed by atoms with Crippen LogP contribution in [0.1, 0.15) is 21.7 Å². The summed E-state index contributed by atoms with van der Waals surface area (Å²) in [6.45, 7) is 5.01. The number of thiazole rings is 1. The van der Waals surface area contributed by atoms with Gasteiger partial charge in [-0.15, -0.1) is 0 Å². The molecular weight excluding hydrogens is 358 g/mol. The molecule has 0 saturated heterocycles. The first-order valence-corrected chi connectivity index (χ1v) is 8.65. The molecule has 26 heavy (non-hydrogen) atoms. The molecule has 2 heterocycles. The molecule has 0 aliphatic carbocycles. The Bertz CT molecular complexity index is 1060. The second kappa shape index (κ2) is 7.22. The normalized spacial score (nSPS) is 12.0. The Hall–Kier alpha value is -2.78. The Balaban J connectivity index is 2.12. The van der Waals surface area contributed by atoms with Gasteiger partial charge in [0.05, 0.1) is 22.9 Å². The summed E-state index contributed by atoms with van der Waals surface area (Å²) >= 11 is 1.38. The van der Waals surface area contributed by atoms with Crippen LogP contribution < -0.4 is 4.80 Å². The second-order valence-electron chi connectivity index (χ2n) is 5.77. The molecule has 0 atom stereocenters. The Morgan fingerprint density at radius 3 is 2.81 bits per heavy atom. The van der Waals surface area contributed by atoms with Crippen molar-refractivity contribution in [2.45, 2.75) is 20.4 Å². The standard InChI is InChI=1S/C17H17N3O5S/c1-10-8-11(2)15-13(9-10)26-17(19(15)6-7-24-3)18-16(21)12-4-5-14(25-12)20(22)23/h4-5,8-9H,6-7H2,1-3H3. The number of furan rings is 1. The average Bonchev–Trinajstić information content (AvgIpc) is 3.18. The van der Waals surface area contributed by atoms with Gasteiger partial charge in [-0.1, -0.05) is 17.4 Å². The summed E-state index contributed by atoms with van der Waals surface area (Å²) in [6.07, 6.45) is 0. The summed E-state index contributed by atoms with van der Waals surface area (Å²) in [5.41, 5.74) is 3.19. The van der Waals surface area contributed by atoms with Gasteiger partial charge in [0, 0.05) is 13.7 Å². The van der Waals surface area contributed by atoms with Gasteiger partial charge in [0.15, 0.2) is 4.80 Å². The Morgan fingerprint density at radius 1 is 1.38 bits per heavy atom. The highest BCUT2D eigenvalue weighted by atomic mass is 32.1. The van der Waals surface area contributed by atoms with E-state index in [-0.39, 0.29) is 5.76 Å². The molecule has 0 aliphatic rings. The lowest BCUT2D eigenvalue weighted by Gasteiger charge is -2.07. The zero-order valence-corrected chi connectivity index (χ0v) is 15.3. The summed E-state index contributed by atoms with van der Waals surface area (Å²) in [6, 6.07) is 6.50. The molecule has 0 bridgehead atoms. The predicted octanol–water partition coefficient (Wildman–Crippen LogP) is 3.21. The van der Waals surface area contributed by atoms with Crippen molar-refractivity contribution in [3.05, 3.63) is 56.1 Å². The van der Waals surface area contributed by atoms with E-state index in [1.165, 1.54) is 17.4 Å². The topological polar surface area (TPSA) is 99.9 Å². The predicted molar refractivity (Wildman–Crippen MR) is 96.4 cm³/mol. The quantitative estimate of drug-likeness (QED) is 0.503. The van der Waals surface area contributed by atoms with Crippen LogP contribution in [0, 0.1) is 24.0 Å². The number of benzene rings is 1. The number of nitro groups is 1. The van der Waals surface area contributed by atoms with E-state index in [0.29, 0.717) is 18.0 Å². The summed E-state index contributed by atoms with van der Waals surface area (Å²) in [7, 11) is 1.61. The highest BCUT2D eigenvalue weighted by molar-refractivity contribution is 7.16. The van der Waals surface area contributed by atoms with Crippen molar-refractivity contribution >= 4 is 33.3 Å². The highest BCUT2D eigenvalue weighted by Gasteiger charge is 2.18. The number of ether oxygens (including phenoxy) is 1. The van der Waals surface area contributed by atoms with Gasteiger partial charge in [-0.25, -0.2) is 0 Å². The van der Waals surface area contributed by atoms with Gasteiger partial charge in [0.25, 0.3) is 0 Å². The molecule has 0 radical (unpaired) electrons. The summed E-state index contributed by atoms with van der Waals surface area (Å²) in [5, 5.41) is 10.7. The van der Waals surface area contributed by atoms with E-state index in [9.17, 15) is 14.9 Å². The van der Waals surface area contributed by atoms with E-state index in [2.05, 4.69) is 11.1 Å². The number of hydrogen-bond donors (Lipinski definition) is 0. The molecule has 8 nitrogen and oxygen atoms in total. The van der Waals surface area contributed by atoms with Crippen molar-refractivity contribution in [2.75, 3.05) is 13.7 Å². The molecule has 0 saturated carbocycles. The fourth-order valence-corrected chi connectivity index (χ4v) is 3.98. The second-order valence-corrected chi connectivity index (χ2v) is 6.78. The fraction of sp³-hybridized carbons (Fsp3) is 0.294. The number of methoxy groups -OCH3 is 1. The van der Waals surface area contributed by atoms with Crippen LogP contribution >= 0.6 is 11.3 Å². The van der Waals surface area contributed by atoms with Gasteiger partial charge in [-0.05, 0) is 37.1 Å². The number of fused-ring (bicyclic) bond motifs is 1. The van der Waals surface area contributed by atoms with Gasteiger partial charge in [0.2, 0.25) is 5.76 Å². The van der Waals surface area contributed by atoms with Crippen LogP contribution in [-0.4, -0.2) is 29.1 Å². The number of hydrogen-bond acceptors (Lipinski definition) is 6. The molecule has 9 heteroatoms. The molecule has 0 fully saturated rings. The van der Waals surface area contributed by atoms with Crippen LogP contribution in [0.4, 0.5) is 5.88 Å². The third-order valence-electron chi connectivity index (χ3n) is 3.81. The fourth-order valence-electron chi connectivity index (χ4n) is 2.75. The molecule has 0 aliphatic heterocycles. The number of amides is 1. The minimum atomic E-state index is -0.693. The van der Waals surface area contributed by atoms with Gasteiger partial charge < -0.3 is 13.7 Å². The molecule has 1 amide bonds. The largest absolute Gasteiger partial charge is 0.433 e. The van der Waals surface area contributed by atoms with E-state index in [1.54, 1.807) is 7.11 Å². The van der Waals surface area contributed by atoms with Crippen LogP contribution in [0.15, 0.2) is 33.7 Å². The molecule has 136 valence electrons. The zero-order chi connectivity index (χ0) is 18.8. The lowest BCUT2D eigenvalue weighted by atomic mass is 10.1.